The summed E-state index contributed by atoms with van der Waals surface area (Å²) in [4.78, 5) is 27.7. The fourth-order valence-electron chi connectivity index (χ4n) is 3.87. The highest BCUT2D eigenvalue weighted by molar-refractivity contribution is 6.46. The second kappa shape index (κ2) is 11.5. The average molecular weight is 464 g/mol. The van der Waals surface area contributed by atoms with E-state index in [0.29, 0.717) is 48.3 Å². The van der Waals surface area contributed by atoms with Crippen LogP contribution < -0.4 is 9.47 Å². The number of amides is 1. The van der Waals surface area contributed by atoms with Gasteiger partial charge in [0.25, 0.3) is 11.7 Å². The van der Waals surface area contributed by atoms with Crippen molar-refractivity contribution < 1.29 is 24.2 Å². The number of nitrogens with zero attached hydrogens (tertiary/aromatic N) is 1. The second-order valence-corrected chi connectivity index (χ2v) is 8.75. The van der Waals surface area contributed by atoms with Crippen LogP contribution in [-0.2, 0) is 9.59 Å². The van der Waals surface area contributed by atoms with Gasteiger partial charge in [-0.2, -0.15) is 0 Å². The van der Waals surface area contributed by atoms with E-state index in [1.54, 1.807) is 47.4 Å². The SMILES string of the molecule is C=CCOc1cccc(C2/C(=C(/O)c3cccc(OCC(C)C)c3)C(=O)C(=O)N2CCCC)c1. The first kappa shape index (κ1) is 25.1. The molecule has 0 bridgehead atoms. The summed E-state index contributed by atoms with van der Waals surface area (Å²) in [5.74, 6) is 0.0255. The topological polar surface area (TPSA) is 76.1 Å². The van der Waals surface area contributed by atoms with Gasteiger partial charge in [0.2, 0.25) is 0 Å². The van der Waals surface area contributed by atoms with Crippen molar-refractivity contribution in [2.45, 2.75) is 39.7 Å². The van der Waals surface area contributed by atoms with E-state index in [2.05, 4.69) is 20.4 Å². The van der Waals surface area contributed by atoms with Crippen molar-refractivity contribution in [1.29, 1.82) is 0 Å². The number of carbonyl (C=O) groups excluding carboxylic acids is 2. The molecule has 1 heterocycles. The zero-order chi connectivity index (χ0) is 24.7. The second-order valence-electron chi connectivity index (χ2n) is 8.75. The van der Waals surface area contributed by atoms with Gasteiger partial charge in [0.1, 0.15) is 23.9 Å². The van der Waals surface area contributed by atoms with E-state index in [9.17, 15) is 14.7 Å². The molecule has 1 aliphatic heterocycles. The van der Waals surface area contributed by atoms with Gasteiger partial charge in [-0.25, -0.2) is 0 Å². The molecule has 2 aromatic carbocycles. The summed E-state index contributed by atoms with van der Waals surface area (Å²) in [7, 11) is 0. The van der Waals surface area contributed by atoms with E-state index in [-0.39, 0.29) is 11.3 Å². The van der Waals surface area contributed by atoms with Crippen LogP contribution in [0.3, 0.4) is 0 Å². The van der Waals surface area contributed by atoms with Crippen molar-refractivity contribution in [3.63, 3.8) is 0 Å². The Labute approximate surface area is 201 Å². The standard InChI is InChI=1S/C28H33NO5/c1-5-7-14-29-25(20-10-8-12-22(16-20)33-15-6-2)24(27(31)28(29)32)26(30)21-11-9-13-23(17-21)34-18-19(3)4/h6,8-13,16-17,19,25,30H,2,5,7,14-15,18H2,1,3-4H3/b26-24-. The van der Waals surface area contributed by atoms with Gasteiger partial charge in [0, 0.05) is 12.1 Å². The fraction of sp³-hybridized carbons (Fsp3) is 0.357. The van der Waals surface area contributed by atoms with Gasteiger partial charge in [-0.15, -0.1) is 0 Å². The Balaban J connectivity index is 2.08. The predicted octanol–water partition coefficient (Wildman–Crippen LogP) is 5.51. The molecule has 6 heteroatoms. The first-order chi connectivity index (χ1) is 16.4. The van der Waals surface area contributed by atoms with Crippen LogP contribution >= 0.6 is 0 Å². The van der Waals surface area contributed by atoms with Crippen LogP contribution in [0.2, 0.25) is 0 Å². The van der Waals surface area contributed by atoms with E-state index < -0.39 is 17.7 Å². The lowest BCUT2D eigenvalue weighted by atomic mass is 9.95. The number of carbonyl (C=O) groups is 2. The summed E-state index contributed by atoms with van der Waals surface area (Å²) < 4.78 is 11.5. The summed E-state index contributed by atoms with van der Waals surface area (Å²) in [6, 6.07) is 13.5. The van der Waals surface area contributed by atoms with Gasteiger partial charge in [-0.05, 0) is 42.2 Å². The number of ketones is 1. The maximum absolute atomic E-state index is 13.1. The lowest BCUT2D eigenvalue weighted by Crippen LogP contribution is -2.30. The number of aliphatic hydroxyl groups excluding tert-OH is 1. The molecule has 1 aliphatic rings. The van der Waals surface area contributed by atoms with Crippen molar-refractivity contribution in [3.8, 4) is 11.5 Å². The molecule has 0 saturated carbocycles. The fourth-order valence-corrected chi connectivity index (χ4v) is 3.87. The number of Topliss-reactive ketones (excluding diaryl/α,β-unsaturated/α-hetero) is 1. The summed E-state index contributed by atoms with van der Waals surface area (Å²) in [5, 5.41) is 11.3. The molecular formula is C28H33NO5. The van der Waals surface area contributed by atoms with Crippen LogP contribution in [0.4, 0.5) is 0 Å². The van der Waals surface area contributed by atoms with Crippen LogP contribution in [0.25, 0.3) is 5.76 Å². The number of benzene rings is 2. The van der Waals surface area contributed by atoms with E-state index in [4.69, 9.17) is 9.47 Å². The minimum absolute atomic E-state index is 0.0722. The zero-order valence-electron chi connectivity index (χ0n) is 20.1. The molecule has 0 aliphatic carbocycles. The molecule has 2 aromatic rings. The van der Waals surface area contributed by atoms with Crippen LogP contribution in [0.1, 0.15) is 50.8 Å². The molecule has 1 amide bonds. The molecule has 0 radical (unpaired) electrons. The van der Waals surface area contributed by atoms with Gasteiger partial charge in [0.05, 0.1) is 18.2 Å². The molecule has 34 heavy (non-hydrogen) atoms. The maximum Gasteiger partial charge on any atom is 0.295 e. The lowest BCUT2D eigenvalue weighted by Gasteiger charge is -2.25. The van der Waals surface area contributed by atoms with E-state index >= 15 is 0 Å². The minimum Gasteiger partial charge on any atom is -0.507 e. The molecule has 0 spiro atoms. The third-order valence-corrected chi connectivity index (χ3v) is 5.53. The van der Waals surface area contributed by atoms with Crippen molar-refractivity contribution in [2.24, 2.45) is 5.92 Å². The summed E-state index contributed by atoms with van der Waals surface area (Å²) in [6.07, 6.45) is 3.26. The van der Waals surface area contributed by atoms with Gasteiger partial charge in [0.15, 0.2) is 0 Å². The van der Waals surface area contributed by atoms with Gasteiger partial charge in [-0.1, -0.05) is 64.1 Å². The minimum atomic E-state index is -0.709. The quantitative estimate of drug-likeness (QED) is 0.206. The summed E-state index contributed by atoms with van der Waals surface area (Å²) >= 11 is 0. The first-order valence-electron chi connectivity index (χ1n) is 11.7. The number of ether oxygens (including phenoxy) is 2. The normalized spacial score (nSPS) is 17.3. The average Bonchev–Trinajstić information content (AvgIpc) is 3.09. The highest BCUT2D eigenvalue weighted by Crippen LogP contribution is 2.40. The first-order valence-corrected chi connectivity index (χ1v) is 11.7. The number of likely N-dealkylation sites (tertiary alicyclic amines) is 1. The number of hydrogen-bond donors (Lipinski definition) is 1. The number of rotatable bonds is 11. The van der Waals surface area contributed by atoms with Crippen molar-refractivity contribution in [2.75, 3.05) is 19.8 Å². The molecule has 1 unspecified atom stereocenters. The molecular weight excluding hydrogens is 430 g/mol. The summed E-state index contributed by atoms with van der Waals surface area (Å²) in [6.45, 7) is 11.1. The molecule has 1 fully saturated rings. The van der Waals surface area contributed by atoms with Crippen LogP contribution in [-0.4, -0.2) is 41.5 Å². The zero-order valence-corrected chi connectivity index (χ0v) is 20.1. The highest BCUT2D eigenvalue weighted by atomic mass is 16.5. The predicted molar refractivity (Wildman–Crippen MR) is 133 cm³/mol. The number of unbranched alkanes of at least 4 members (excludes halogenated alkanes) is 1. The van der Waals surface area contributed by atoms with Gasteiger partial charge < -0.3 is 19.5 Å². The molecule has 1 saturated heterocycles. The summed E-state index contributed by atoms with van der Waals surface area (Å²) in [5.41, 5.74) is 1.20. The smallest absolute Gasteiger partial charge is 0.295 e. The van der Waals surface area contributed by atoms with Crippen molar-refractivity contribution >= 4 is 17.4 Å². The molecule has 1 N–H and O–H groups in total. The third kappa shape index (κ3) is 5.68. The molecule has 1 atom stereocenters. The molecule has 3 rings (SSSR count). The van der Waals surface area contributed by atoms with Gasteiger partial charge >= 0.3 is 0 Å². The lowest BCUT2D eigenvalue weighted by molar-refractivity contribution is -0.139. The molecule has 0 aromatic heterocycles. The largest absolute Gasteiger partial charge is 0.507 e. The Bertz CT molecular complexity index is 1070. The number of hydrogen-bond acceptors (Lipinski definition) is 5. The van der Waals surface area contributed by atoms with Gasteiger partial charge in [-0.3, -0.25) is 9.59 Å². The van der Waals surface area contributed by atoms with E-state index in [1.807, 2.05) is 19.1 Å². The van der Waals surface area contributed by atoms with Crippen LogP contribution in [0.5, 0.6) is 11.5 Å². The monoisotopic (exact) mass is 463 g/mol. The Kier molecular flexibility index (Phi) is 8.52. The number of aliphatic hydroxyl groups is 1. The maximum atomic E-state index is 13.1. The highest BCUT2D eigenvalue weighted by Gasteiger charge is 2.45. The Morgan fingerprint density at radius 2 is 1.82 bits per heavy atom. The third-order valence-electron chi connectivity index (χ3n) is 5.53. The van der Waals surface area contributed by atoms with Crippen molar-refractivity contribution in [1.82, 2.24) is 4.90 Å². The van der Waals surface area contributed by atoms with E-state index in [1.165, 1.54) is 0 Å². The van der Waals surface area contributed by atoms with Crippen molar-refractivity contribution in [3.05, 3.63) is 77.9 Å². The Morgan fingerprint density at radius 3 is 2.50 bits per heavy atom. The van der Waals surface area contributed by atoms with E-state index in [0.717, 1.165) is 12.8 Å². The van der Waals surface area contributed by atoms with Crippen LogP contribution in [0.15, 0.2) is 66.8 Å². The molecule has 180 valence electrons. The van der Waals surface area contributed by atoms with Crippen LogP contribution in [0, 0.1) is 5.92 Å². The Hall–Kier alpha value is -3.54. The Morgan fingerprint density at radius 1 is 1.12 bits per heavy atom. The molecule has 6 nitrogen and oxygen atoms in total.